The van der Waals surface area contributed by atoms with Crippen LogP contribution in [0.2, 0.25) is 0 Å². The fourth-order valence-electron chi connectivity index (χ4n) is 1.09. The third kappa shape index (κ3) is 11.4. The summed E-state index contributed by atoms with van der Waals surface area (Å²) in [5, 5.41) is 3.09. The number of unbranched alkanes of at least 4 members (excludes halogenated alkanes) is 1. The van der Waals surface area contributed by atoms with Crippen molar-refractivity contribution in [3.05, 3.63) is 0 Å². The molecule has 4 N–H and O–H groups in total. The first-order valence-corrected chi connectivity index (χ1v) is 6.18. The second-order valence-electron chi connectivity index (χ2n) is 4.07. The molecule has 0 aliphatic heterocycles. The summed E-state index contributed by atoms with van der Waals surface area (Å²) in [6, 6.07) is 0. The number of aliphatic imine (C=N–C) groups is 1. The molecule has 0 fully saturated rings. The van der Waals surface area contributed by atoms with Crippen LogP contribution >= 0.6 is 0 Å². The molecule has 0 saturated carbocycles. The zero-order valence-electron chi connectivity index (χ0n) is 11.3. The fourth-order valence-corrected chi connectivity index (χ4v) is 1.09. The van der Waals surface area contributed by atoms with Gasteiger partial charge in [-0.2, -0.15) is 0 Å². The Labute approximate surface area is 105 Å². The highest BCUT2D eigenvalue weighted by atomic mass is 16.5. The Kier molecular flexibility index (Phi) is 11.0. The minimum Gasteiger partial charge on any atom is -0.378 e. The molecule has 0 spiro atoms. The standard InChI is InChI=1S/C11H27N5O/c1-4-5-6-13-11(15-12)14-7-9-17-10-8-16(2)3/h4-10,12H2,1-3H3,(H2,13,14,15). The van der Waals surface area contributed by atoms with Gasteiger partial charge in [0.05, 0.1) is 13.2 Å². The van der Waals surface area contributed by atoms with Gasteiger partial charge in [0.15, 0.2) is 0 Å². The van der Waals surface area contributed by atoms with Gasteiger partial charge in [-0.25, -0.2) is 5.84 Å². The van der Waals surface area contributed by atoms with Gasteiger partial charge in [-0.1, -0.05) is 13.3 Å². The Morgan fingerprint density at radius 2 is 2.12 bits per heavy atom. The van der Waals surface area contributed by atoms with Gasteiger partial charge < -0.3 is 15.0 Å². The van der Waals surface area contributed by atoms with Crippen LogP contribution in [0.15, 0.2) is 4.99 Å². The van der Waals surface area contributed by atoms with E-state index in [1.54, 1.807) is 0 Å². The first kappa shape index (κ1) is 16.1. The van der Waals surface area contributed by atoms with Gasteiger partial charge in [-0.3, -0.25) is 10.4 Å². The lowest BCUT2D eigenvalue weighted by molar-refractivity contribution is 0.121. The molecule has 0 bridgehead atoms. The van der Waals surface area contributed by atoms with Crippen molar-refractivity contribution in [1.82, 2.24) is 15.6 Å². The molecule has 0 saturated heterocycles. The number of nitrogens with two attached hydrogens (primary N) is 1. The topological polar surface area (TPSA) is 74.9 Å². The number of hydrogen-bond donors (Lipinski definition) is 3. The van der Waals surface area contributed by atoms with Crippen LogP contribution in [0.1, 0.15) is 19.8 Å². The first-order valence-electron chi connectivity index (χ1n) is 6.18. The van der Waals surface area contributed by atoms with Crippen molar-refractivity contribution < 1.29 is 4.74 Å². The average molecular weight is 245 g/mol. The van der Waals surface area contributed by atoms with E-state index in [2.05, 4.69) is 27.6 Å². The summed E-state index contributed by atoms with van der Waals surface area (Å²) in [6.45, 7) is 5.98. The Hall–Kier alpha value is -0.850. The molecule has 0 unspecified atom stereocenters. The Balaban J connectivity index is 3.46. The number of rotatable bonds is 9. The van der Waals surface area contributed by atoms with Gasteiger partial charge in [0.2, 0.25) is 5.96 Å². The van der Waals surface area contributed by atoms with Crippen molar-refractivity contribution in [2.75, 3.05) is 46.9 Å². The van der Waals surface area contributed by atoms with Crippen LogP contribution in [-0.2, 0) is 4.74 Å². The summed E-state index contributed by atoms with van der Waals surface area (Å²) in [5.74, 6) is 5.98. The van der Waals surface area contributed by atoms with Crippen LogP contribution in [-0.4, -0.2) is 57.8 Å². The largest absolute Gasteiger partial charge is 0.378 e. The number of nitrogens with zero attached hydrogens (tertiary/aromatic N) is 2. The molecule has 17 heavy (non-hydrogen) atoms. The average Bonchev–Trinajstić information content (AvgIpc) is 2.31. The normalized spacial score (nSPS) is 11.9. The molecule has 0 amide bonds. The number of guanidine groups is 1. The van der Waals surface area contributed by atoms with Gasteiger partial charge in [0, 0.05) is 19.6 Å². The Morgan fingerprint density at radius 3 is 2.71 bits per heavy atom. The van der Waals surface area contributed by atoms with E-state index in [-0.39, 0.29) is 0 Å². The number of hydrogen-bond acceptors (Lipinski definition) is 4. The number of nitrogens with one attached hydrogen (secondary N) is 2. The molecule has 0 aromatic carbocycles. The maximum atomic E-state index is 5.44. The zero-order chi connectivity index (χ0) is 12.9. The second kappa shape index (κ2) is 11.6. The van der Waals surface area contributed by atoms with Crippen molar-refractivity contribution in [2.24, 2.45) is 10.8 Å². The van der Waals surface area contributed by atoms with Crippen LogP contribution in [0.3, 0.4) is 0 Å². The van der Waals surface area contributed by atoms with E-state index < -0.39 is 0 Å². The lowest BCUT2D eigenvalue weighted by Gasteiger charge is -2.11. The molecule has 0 atom stereocenters. The summed E-state index contributed by atoms with van der Waals surface area (Å²) in [5.41, 5.74) is 2.55. The Morgan fingerprint density at radius 1 is 1.35 bits per heavy atom. The van der Waals surface area contributed by atoms with Gasteiger partial charge in [-0.15, -0.1) is 0 Å². The SMILES string of the molecule is CCCCN=C(NN)NCCOCCN(C)C. The van der Waals surface area contributed by atoms with E-state index in [0.717, 1.165) is 32.5 Å². The summed E-state index contributed by atoms with van der Waals surface area (Å²) in [4.78, 5) is 6.37. The maximum Gasteiger partial charge on any atom is 0.205 e. The predicted octanol–water partition coefficient (Wildman–Crippen LogP) is -0.226. The van der Waals surface area contributed by atoms with Gasteiger partial charge in [0.1, 0.15) is 0 Å². The van der Waals surface area contributed by atoms with E-state index in [1.807, 2.05) is 14.1 Å². The van der Waals surface area contributed by atoms with Crippen molar-refractivity contribution in [1.29, 1.82) is 0 Å². The summed E-state index contributed by atoms with van der Waals surface area (Å²) in [7, 11) is 4.05. The molecule has 0 heterocycles. The van der Waals surface area contributed by atoms with Crippen LogP contribution in [0.4, 0.5) is 0 Å². The van der Waals surface area contributed by atoms with Gasteiger partial charge in [-0.05, 0) is 20.5 Å². The third-order valence-corrected chi connectivity index (χ3v) is 2.14. The monoisotopic (exact) mass is 245 g/mol. The molecule has 6 nitrogen and oxygen atoms in total. The molecule has 0 aliphatic rings. The summed E-state index contributed by atoms with van der Waals surface area (Å²) in [6.07, 6.45) is 2.21. The molecule has 102 valence electrons. The van der Waals surface area contributed by atoms with Crippen LogP contribution < -0.4 is 16.6 Å². The summed E-state index contributed by atoms with van der Waals surface area (Å²) >= 11 is 0. The lowest BCUT2D eigenvalue weighted by Crippen LogP contribution is -2.43. The molecular formula is C11H27N5O. The van der Waals surface area contributed by atoms with E-state index >= 15 is 0 Å². The number of likely N-dealkylation sites (N-methyl/N-ethyl adjacent to an activating group) is 1. The molecule has 0 aliphatic carbocycles. The highest BCUT2D eigenvalue weighted by Crippen LogP contribution is 1.86. The lowest BCUT2D eigenvalue weighted by atomic mass is 10.3. The quantitative estimate of drug-likeness (QED) is 0.172. The highest BCUT2D eigenvalue weighted by Gasteiger charge is 1.95. The minimum atomic E-state index is 0.634. The highest BCUT2D eigenvalue weighted by molar-refractivity contribution is 5.79. The van der Waals surface area contributed by atoms with Crippen molar-refractivity contribution in [3.63, 3.8) is 0 Å². The zero-order valence-corrected chi connectivity index (χ0v) is 11.3. The van der Waals surface area contributed by atoms with Crippen LogP contribution in [0.25, 0.3) is 0 Å². The number of ether oxygens (including phenoxy) is 1. The Bertz CT molecular complexity index is 196. The van der Waals surface area contributed by atoms with E-state index in [9.17, 15) is 0 Å². The van der Waals surface area contributed by atoms with Crippen LogP contribution in [0.5, 0.6) is 0 Å². The molecular weight excluding hydrogens is 218 g/mol. The van der Waals surface area contributed by atoms with Crippen molar-refractivity contribution in [3.8, 4) is 0 Å². The third-order valence-electron chi connectivity index (χ3n) is 2.14. The molecule has 0 rings (SSSR count). The van der Waals surface area contributed by atoms with E-state index in [4.69, 9.17) is 10.6 Å². The van der Waals surface area contributed by atoms with Gasteiger partial charge >= 0.3 is 0 Å². The molecule has 0 aromatic heterocycles. The van der Waals surface area contributed by atoms with Crippen LogP contribution in [0, 0.1) is 0 Å². The molecule has 0 radical (unpaired) electrons. The first-order chi connectivity index (χ1) is 8.20. The van der Waals surface area contributed by atoms with Crippen molar-refractivity contribution >= 4 is 5.96 Å². The van der Waals surface area contributed by atoms with Gasteiger partial charge in [0.25, 0.3) is 0 Å². The second-order valence-corrected chi connectivity index (χ2v) is 4.07. The smallest absolute Gasteiger partial charge is 0.205 e. The van der Waals surface area contributed by atoms with E-state index in [0.29, 0.717) is 19.1 Å². The molecule has 6 heteroatoms. The maximum absolute atomic E-state index is 5.44. The fraction of sp³-hybridized carbons (Fsp3) is 0.909. The number of hydrazine groups is 1. The molecule has 0 aromatic rings. The van der Waals surface area contributed by atoms with E-state index in [1.165, 1.54) is 0 Å². The predicted molar refractivity (Wildman–Crippen MR) is 71.9 cm³/mol. The summed E-state index contributed by atoms with van der Waals surface area (Å²) < 4.78 is 5.44. The van der Waals surface area contributed by atoms with Crippen molar-refractivity contribution in [2.45, 2.75) is 19.8 Å². The minimum absolute atomic E-state index is 0.634.